The van der Waals surface area contributed by atoms with E-state index in [1.807, 2.05) is 42.2 Å². The Kier molecular flexibility index (Phi) is 3.80. The highest BCUT2D eigenvalue weighted by molar-refractivity contribution is 6.00. The summed E-state index contributed by atoms with van der Waals surface area (Å²) in [5, 5.41) is 3.30. The number of carbonyl (C=O) groups excluding carboxylic acids is 1. The molecule has 128 valence electrons. The third-order valence-electron chi connectivity index (χ3n) is 4.60. The van der Waals surface area contributed by atoms with Crippen LogP contribution in [0.5, 0.6) is 0 Å². The van der Waals surface area contributed by atoms with E-state index in [0.29, 0.717) is 11.1 Å². The number of benzene rings is 2. The first kappa shape index (κ1) is 15.5. The van der Waals surface area contributed by atoms with E-state index < -0.39 is 5.76 Å². The molecule has 1 amide bonds. The van der Waals surface area contributed by atoms with Gasteiger partial charge in [-0.3, -0.25) is 9.78 Å². The highest BCUT2D eigenvalue weighted by atomic mass is 16.4. The molecule has 0 radical (unpaired) electrons. The quantitative estimate of drug-likeness (QED) is 0.770. The minimum absolute atomic E-state index is 0.0707. The number of aromatic amines is 1. The van der Waals surface area contributed by atoms with Gasteiger partial charge in [0.25, 0.3) is 0 Å². The fourth-order valence-electron chi connectivity index (χ4n) is 3.36. The molecule has 25 heavy (non-hydrogen) atoms. The lowest BCUT2D eigenvalue weighted by Gasteiger charge is -2.34. The molecule has 2 N–H and O–H groups in total. The predicted molar refractivity (Wildman–Crippen MR) is 97.0 cm³/mol. The highest BCUT2D eigenvalue weighted by Gasteiger charge is 2.30. The van der Waals surface area contributed by atoms with Gasteiger partial charge in [-0.25, -0.2) is 4.79 Å². The summed E-state index contributed by atoms with van der Waals surface area (Å²) in [5.41, 5.74) is 3.97. The number of nitrogens with one attached hydrogen (secondary N) is 2. The predicted octanol–water partition coefficient (Wildman–Crippen LogP) is 3.04. The monoisotopic (exact) mass is 337 g/mol. The average molecular weight is 337 g/mol. The van der Waals surface area contributed by atoms with Gasteiger partial charge in [-0.15, -0.1) is 0 Å². The molecule has 6 nitrogen and oxygen atoms in total. The number of anilines is 2. The van der Waals surface area contributed by atoms with E-state index >= 15 is 0 Å². The molecule has 1 aliphatic heterocycles. The summed E-state index contributed by atoms with van der Waals surface area (Å²) in [6.45, 7) is 2.75. The molecule has 1 saturated heterocycles. The SMILES string of the molecule is Cc1ccccc1N1CCCC(Nc2ccc3oc(=O)[nH]c3c2)C1=O. The zero-order valence-corrected chi connectivity index (χ0v) is 13.9. The number of carbonyl (C=O) groups is 1. The van der Waals surface area contributed by atoms with Crippen molar-refractivity contribution < 1.29 is 9.21 Å². The van der Waals surface area contributed by atoms with Gasteiger partial charge in [0.1, 0.15) is 6.04 Å². The maximum atomic E-state index is 12.9. The summed E-state index contributed by atoms with van der Waals surface area (Å²) in [4.78, 5) is 28.7. The van der Waals surface area contributed by atoms with Crippen molar-refractivity contribution in [2.75, 3.05) is 16.8 Å². The number of fused-ring (bicyclic) bond motifs is 1. The molecular formula is C19H19N3O3. The number of piperidine rings is 1. The summed E-state index contributed by atoms with van der Waals surface area (Å²) in [6, 6.07) is 13.0. The second-order valence-corrected chi connectivity index (χ2v) is 6.34. The molecule has 0 spiro atoms. The molecule has 0 aliphatic carbocycles. The van der Waals surface area contributed by atoms with Gasteiger partial charge in [-0.2, -0.15) is 0 Å². The van der Waals surface area contributed by atoms with Gasteiger partial charge >= 0.3 is 5.76 Å². The third kappa shape index (κ3) is 2.91. The zero-order chi connectivity index (χ0) is 17.4. The Morgan fingerprint density at radius 1 is 1.20 bits per heavy atom. The van der Waals surface area contributed by atoms with Crippen LogP contribution in [0.1, 0.15) is 18.4 Å². The minimum Gasteiger partial charge on any atom is -0.408 e. The van der Waals surface area contributed by atoms with Gasteiger partial charge in [0, 0.05) is 17.9 Å². The van der Waals surface area contributed by atoms with E-state index in [4.69, 9.17) is 4.42 Å². The van der Waals surface area contributed by atoms with Crippen LogP contribution in [-0.2, 0) is 4.79 Å². The van der Waals surface area contributed by atoms with Crippen molar-refractivity contribution >= 4 is 28.4 Å². The molecule has 1 atom stereocenters. The van der Waals surface area contributed by atoms with Crippen molar-refractivity contribution in [1.29, 1.82) is 0 Å². The lowest BCUT2D eigenvalue weighted by atomic mass is 10.0. The van der Waals surface area contributed by atoms with Gasteiger partial charge in [0.2, 0.25) is 5.91 Å². The summed E-state index contributed by atoms with van der Waals surface area (Å²) < 4.78 is 5.01. The van der Waals surface area contributed by atoms with Crippen LogP contribution in [0.3, 0.4) is 0 Å². The van der Waals surface area contributed by atoms with Gasteiger partial charge in [0.15, 0.2) is 5.58 Å². The zero-order valence-electron chi connectivity index (χ0n) is 13.9. The molecule has 2 aromatic carbocycles. The number of para-hydroxylation sites is 1. The Morgan fingerprint density at radius 3 is 2.88 bits per heavy atom. The summed E-state index contributed by atoms with van der Waals surface area (Å²) in [7, 11) is 0. The van der Waals surface area contributed by atoms with Gasteiger partial charge < -0.3 is 14.6 Å². The lowest BCUT2D eigenvalue weighted by molar-refractivity contribution is -0.120. The first-order valence-electron chi connectivity index (χ1n) is 8.38. The van der Waals surface area contributed by atoms with E-state index in [0.717, 1.165) is 36.3 Å². The molecule has 0 saturated carbocycles. The number of aryl methyl sites for hydroxylation is 1. The number of hydrogen-bond donors (Lipinski definition) is 2. The Bertz CT molecular complexity index is 989. The number of H-pyrrole nitrogens is 1. The van der Waals surface area contributed by atoms with Crippen LogP contribution in [0.25, 0.3) is 11.1 Å². The first-order valence-corrected chi connectivity index (χ1v) is 8.38. The maximum absolute atomic E-state index is 12.9. The van der Waals surface area contributed by atoms with Gasteiger partial charge in [-0.1, -0.05) is 18.2 Å². The van der Waals surface area contributed by atoms with Crippen molar-refractivity contribution in [2.45, 2.75) is 25.8 Å². The fraction of sp³-hybridized carbons (Fsp3) is 0.263. The van der Waals surface area contributed by atoms with Crippen LogP contribution in [0, 0.1) is 6.92 Å². The second kappa shape index (κ2) is 6.12. The minimum atomic E-state index is -0.480. The van der Waals surface area contributed by atoms with Crippen molar-refractivity contribution in [3.63, 3.8) is 0 Å². The molecule has 0 bridgehead atoms. The number of hydrogen-bond acceptors (Lipinski definition) is 4. The van der Waals surface area contributed by atoms with Crippen LogP contribution < -0.4 is 16.0 Å². The van der Waals surface area contributed by atoms with Crippen molar-refractivity contribution in [1.82, 2.24) is 4.98 Å². The fourth-order valence-corrected chi connectivity index (χ4v) is 3.36. The summed E-state index contributed by atoms with van der Waals surface area (Å²) in [5.74, 6) is -0.409. The third-order valence-corrected chi connectivity index (χ3v) is 4.60. The highest BCUT2D eigenvalue weighted by Crippen LogP contribution is 2.26. The topological polar surface area (TPSA) is 78.3 Å². The van der Waals surface area contributed by atoms with Crippen LogP contribution in [0.4, 0.5) is 11.4 Å². The average Bonchev–Trinajstić information content (AvgIpc) is 2.97. The standard InChI is InChI=1S/C19H19N3O3/c1-12-5-2-3-7-16(12)22-10-4-6-14(18(22)23)20-13-8-9-17-15(11-13)21-19(24)25-17/h2-3,5,7-9,11,14,20H,4,6,10H2,1H3,(H,21,24). The normalized spacial score (nSPS) is 17.9. The number of aromatic nitrogens is 1. The van der Waals surface area contributed by atoms with Crippen LogP contribution in [0.2, 0.25) is 0 Å². The van der Waals surface area contributed by atoms with Gasteiger partial charge in [0.05, 0.1) is 5.52 Å². The second-order valence-electron chi connectivity index (χ2n) is 6.34. The number of nitrogens with zero attached hydrogens (tertiary/aromatic N) is 1. The van der Waals surface area contributed by atoms with Gasteiger partial charge in [-0.05, 0) is 49.6 Å². The van der Waals surface area contributed by atoms with Crippen molar-refractivity contribution in [3.05, 3.63) is 58.6 Å². The van der Waals surface area contributed by atoms with Crippen molar-refractivity contribution in [3.8, 4) is 0 Å². The number of amides is 1. The van der Waals surface area contributed by atoms with E-state index in [2.05, 4.69) is 10.3 Å². The Morgan fingerprint density at radius 2 is 2.04 bits per heavy atom. The number of rotatable bonds is 3. The van der Waals surface area contributed by atoms with Crippen molar-refractivity contribution in [2.24, 2.45) is 0 Å². The molecule has 1 unspecified atom stereocenters. The number of oxazole rings is 1. The molecule has 1 fully saturated rings. The summed E-state index contributed by atoms with van der Waals surface area (Å²) >= 11 is 0. The smallest absolute Gasteiger partial charge is 0.408 e. The van der Waals surface area contributed by atoms with Crippen LogP contribution in [-0.4, -0.2) is 23.5 Å². The molecule has 4 rings (SSSR count). The Balaban J connectivity index is 1.58. The van der Waals surface area contributed by atoms with E-state index in [9.17, 15) is 9.59 Å². The summed E-state index contributed by atoms with van der Waals surface area (Å²) in [6.07, 6.45) is 1.71. The molecular weight excluding hydrogens is 318 g/mol. The molecule has 1 aromatic heterocycles. The molecule has 6 heteroatoms. The molecule has 1 aliphatic rings. The van der Waals surface area contributed by atoms with Crippen LogP contribution >= 0.6 is 0 Å². The largest absolute Gasteiger partial charge is 0.417 e. The molecule has 3 aromatic rings. The van der Waals surface area contributed by atoms with Crippen LogP contribution in [0.15, 0.2) is 51.7 Å². The Labute approximate surface area is 144 Å². The first-order chi connectivity index (χ1) is 12.1. The van der Waals surface area contributed by atoms with E-state index in [-0.39, 0.29) is 11.9 Å². The lowest BCUT2D eigenvalue weighted by Crippen LogP contribution is -2.48. The van der Waals surface area contributed by atoms with E-state index in [1.54, 1.807) is 12.1 Å². The Hall–Kier alpha value is -3.02. The molecule has 2 heterocycles. The maximum Gasteiger partial charge on any atom is 0.417 e. The van der Waals surface area contributed by atoms with E-state index in [1.165, 1.54) is 0 Å².